The molecule has 98 valence electrons. The lowest BCUT2D eigenvalue weighted by Gasteiger charge is -2.15. The molecule has 0 spiro atoms. The van der Waals surface area contributed by atoms with Crippen LogP contribution in [-0.4, -0.2) is 36.0 Å². The largest absolute Gasteiger partial charge is 0.337 e. The molecule has 1 saturated heterocycles. The summed E-state index contributed by atoms with van der Waals surface area (Å²) in [6, 6.07) is 3.60. The van der Waals surface area contributed by atoms with E-state index in [0.29, 0.717) is 11.1 Å². The highest BCUT2D eigenvalue weighted by molar-refractivity contribution is 9.10. The molecular formula is C10H12BrN3O3S. The number of amides is 1. The fourth-order valence-corrected chi connectivity index (χ4v) is 2.83. The Morgan fingerprint density at radius 3 is 2.72 bits per heavy atom. The molecule has 1 aliphatic rings. The molecule has 2 rings (SSSR count). The molecule has 8 heteroatoms. The average Bonchev–Trinajstić information content (AvgIpc) is 2.63. The first-order valence-electron chi connectivity index (χ1n) is 5.26. The molecular weight excluding hydrogens is 322 g/mol. The Labute approximate surface area is 113 Å². The molecule has 0 aliphatic carbocycles. The van der Waals surface area contributed by atoms with Crippen molar-refractivity contribution < 1.29 is 13.2 Å². The summed E-state index contributed by atoms with van der Waals surface area (Å²) in [6.45, 7) is 0.499. The number of sulfonamides is 1. The van der Waals surface area contributed by atoms with Gasteiger partial charge in [-0.1, -0.05) is 6.07 Å². The number of primary sulfonamides is 1. The molecule has 2 heterocycles. The molecule has 1 aromatic heterocycles. The summed E-state index contributed by atoms with van der Waals surface area (Å²) in [6.07, 6.45) is 1.60. The van der Waals surface area contributed by atoms with E-state index in [1.54, 1.807) is 12.3 Å². The third-order valence-corrected chi connectivity index (χ3v) is 4.52. The van der Waals surface area contributed by atoms with Gasteiger partial charge in [-0.2, -0.15) is 0 Å². The van der Waals surface area contributed by atoms with Gasteiger partial charge in [-0.15, -0.1) is 0 Å². The van der Waals surface area contributed by atoms with E-state index in [1.807, 2.05) is 6.07 Å². The van der Waals surface area contributed by atoms with E-state index in [-0.39, 0.29) is 18.9 Å². The number of hydrogen-bond acceptors (Lipinski definition) is 4. The number of nitrogens with two attached hydrogens (primary N) is 1. The highest BCUT2D eigenvalue weighted by Gasteiger charge is 2.36. The van der Waals surface area contributed by atoms with Crippen LogP contribution in [0, 0.1) is 0 Å². The van der Waals surface area contributed by atoms with E-state index in [4.69, 9.17) is 5.14 Å². The van der Waals surface area contributed by atoms with Gasteiger partial charge in [0.05, 0.1) is 0 Å². The maximum absolute atomic E-state index is 11.7. The van der Waals surface area contributed by atoms with Crippen molar-refractivity contribution in [1.29, 1.82) is 0 Å². The number of nitrogens with zero attached hydrogens (tertiary/aromatic N) is 2. The molecule has 1 aliphatic heterocycles. The minimum Gasteiger partial charge on any atom is -0.337 e. The Hall–Kier alpha value is -0.990. The molecule has 2 N–H and O–H groups in total. The van der Waals surface area contributed by atoms with E-state index >= 15 is 0 Å². The van der Waals surface area contributed by atoms with E-state index in [1.165, 1.54) is 4.90 Å². The summed E-state index contributed by atoms with van der Waals surface area (Å²) >= 11 is 3.22. The molecule has 0 bridgehead atoms. The highest BCUT2D eigenvalue weighted by Crippen LogP contribution is 2.19. The second kappa shape index (κ2) is 4.94. The molecule has 1 aromatic rings. The van der Waals surface area contributed by atoms with Crippen LogP contribution in [0.4, 0.5) is 0 Å². The number of halogens is 1. The number of aromatic nitrogens is 1. The van der Waals surface area contributed by atoms with Gasteiger partial charge >= 0.3 is 0 Å². The van der Waals surface area contributed by atoms with E-state index in [0.717, 1.165) is 5.56 Å². The normalized spacial score (nSPS) is 20.4. The molecule has 6 nitrogen and oxygen atoms in total. The zero-order chi connectivity index (χ0) is 13.3. The van der Waals surface area contributed by atoms with Crippen molar-refractivity contribution in [3.8, 4) is 0 Å². The van der Waals surface area contributed by atoms with Gasteiger partial charge in [0.15, 0.2) is 0 Å². The molecule has 1 fully saturated rings. The standard InChI is InChI=1S/C10H12BrN3O3S/c11-9-2-1-7(4-13-9)5-14-6-8(3-10(14)15)18(12,16)17/h1-2,4,8H,3,5-6H2,(H2,12,16,17). The van der Waals surface area contributed by atoms with Crippen LogP contribution < -0.4 is 5.14 Å². The average molecular weight is 334 g/mol. The first kappa shape index (κ1) is 13.4. The summed E-state index contributed by atoms with van der Waals surface area (Å²) in [5.41, 5.74) is 0.849. The lowest BCUT2D eigenvalue weighted by molar-refractivity contribution is -0.128. The first-order chi connectivity index (χ1) is 8.36. The second-order valence-electron chi connectivity index (χ2n) is 4.18. The van der Waals surface area contributed by atoms with Crippen LogP contribution >= 0.6 is 15.9 Å². The SMILES string of the molecule is NS(=O)(=O)C1CC(=O)N(Cc2ccc(Br)nc2)C1. The summed E-state index contributed by atoms with van der Waals surface area (Å²) < 4.78 is 23.1. The van der Waals surface area contributed by atoms with Crippen LogP contribution in [0.25, 0.3) is 0 Å². The van der Waals surface area contributed by atoms with Gasteiger partial charge in [0.1, 0.15) is 9.85 Å². The molecule has 1 unspecified atom stereocenters. The van der Waals surface area contributed by atoms with Crippen LogP contribution in [-0.2, 0) is 21.4 Å². The quantitative estimate of drug-likeness (QED) is 0.801. The van der Waals surface area contributed by atoms with Crippen molar-refractivity contribution in [2.45, 2.75) is 18.2 Å². The van der Waals surface area contributed by atoms with Crippen LogP contribution in [0.5, 0.6) is 0 Å². The van der Waals surface area contributed by atoms with E-state index in [2.05, 4.69) is 20.9 Å². The lowest BCUT2D eigenvalue weighted by atomic mass is 10.3. The van der Waals surface area contributed by atoms with Gasteiger partial charge < -0.3 is 4.90 Å². The summed E-state index contributed by atoms with van der Waals surface area (Å²) in [7, 11) is -3.65. The van der Waals surface area contributed by atoms with Gasteiger partial charge in [-0.25, -0.2) is 18.5 Å². The van der Waals surface area contributed by atoms with Gasteiger partial charge in [-0.3, -0.25) is 4.79 Å². The monoisotopic (exact) mass is 333 g/mol. The highest BCUT2D eigenvalue weighted by atomic mass is 79.9. The van der Waals surface area contributed by atoms with Crippen molar-refractivity contribution in [2.75, 3.05) is 6.54 Å². The topological polar surface area (TPSA) is 93.4 Å². The minimum atomic E-state index is -3.65. The maximum Gasteiger partial charge on any atom is 0.224 e. The predicted molar refractivity (Wildman–Crippen MR) is 68.9 cm³/mol. The Bertz CT molecular complexity index is 558. The van der Waals surface area contributed by atoms with Crippen LogP contribution in [0.2, 0.25) is 0 Å². The third kappa shape index (κ3) is 3.06. The van der Waals surface area contributed by atoms with E-state index < -0.39 is 15.3 Å². The van der Waals surface area contributed by atoms with Crippen molar-refractivity contribution in [2.24, 2.45) is 5.14 Å². The fourth-order valence-electron chi connectivity index (χ4n) is 1.83. The van der Waals surface area contributed by atoms with Crippen molar-refractivity contribution in [3.63, 3.8) is 0 Å². The third-order valence-electron chi connectivity index (χ3n) is 2.81. The van der Waals surface area contributed by atoms with Crippen LogP contribution in [0.15, 0.2) is 22.9 Å². The van der Waals surface area contributed by atoms with Crippen molar-refractivity contribution in [1.82, 2.24) is 9.88 Å². The van der Waals surface area contributed by atoms with E-state index in [9.17, 15) is 13.2 Å². The second-order valence-corrected chi connectivity index (χ2v) is 6.84. The predicted octanol–water partition coefficient (Wildman–Crippen LogP) is 0.234. The Morgan fingerprint density at radius 2 is 2.22 bits per heavy atom. The molecule has 0 aromatic carbocycles. The van der Waals surface area contributed by atoms with Gasteiger partial charge in [0, 0.05) is 25.7 Å². The molecule has 0 radical (unpaired) electrons. The smallest absolute Gasteiger partial charge is 0.224 e. The van der Waals surface area contributed by atoms with Gasteiger partial charge in [0.25, 0.3) is 0 Å². The maximum atomic E-state index is 11.7. The van der Waals surface area contributed by atoms with Gasteiger partial charge in [-0.05, 0) is 27.6 Å². The van der Waals surface area contributed by atoms with Crippen molar-refractivity contribution in [3.05, 3.63) is 28.5 Å². The zero-order valence-electron chi connectivity index (χ0n) is 9.41. The lowest BCUT2D eigenvalue weighted by Crippen LogP contribution is -2.31. The molecule has 1 atom stereocenters. The Kier molecular flexibility index (Phi) is 3.69. The van der Waals surface area contributed by atoms with Crippen LogP contribution in [0.3, 0.4) is 0 Å². The molecule has 1 amide bonds. The number of hydrogen-bond donors (Lipinski definition) is 1. The Balaban J connectivity index is 2.07. The van der Waals surface area contributed by atoms with Crippen LogP contribution in [0.1, 0.15) is 12.0 Å². The van der Waals surface area contributed by atoms with Crippen molar-refractivity contribution >= 4 is 31.9 Å². The molecule has 18 heavy (non-hydrogen) atoms. The number of carbonyl (C=O) groups is 1. The Morgan fingerprint density at radius 1 is 1.50 bits per heavy atom. The number of pyridine rings is 1. The zero-order valence-corrected chi connectivity index (χ0v) is 11.8. The summed E-state index contributed by atoms with van der Waals surface area (Å²) in [5.74, 6) is -0.197. The number of carbonyl (C=O) groups excluding carboxylic acids is 1. The molecule has 0 saturated carbocycles. The minimum absolute atomic E-state index is 0.0389. The number of likely N-dealkylation sites (tertiary alicyclic amines) is 1. The van der Waals surface area contributed by atoms with Gasteiger partial charge in [0.2, 0.25) is 15.9 Å². The fraction of sp³-hybridized carbons (Fsp3) is 0.400. The summed E-state index contributed by atoms with van der Waals surface area (Å²) in [5, 5.41) is 4.26. The number of rotatable bonds is 3. The summed E-state index contributed by atoms with van der Waals surface area (Å²) in [4.78, 5) is 17.2. The first-order valence-corrected chi connectivity index (χ1v) is 7.66.